The summed E-state index contributed by atoms with van der Waals surface area (Å²) in [4.78, 5) is 14.9. The summed E-state index contributed by atoms with van der Waals surface area (Å²) in [6, 6.07) is 18.5. The minimum absolute atomic E-state index is 0.858. The number of imidazole rings is 1. The maximum absolute atomic E-state index is 5.14. The second-order valence-corrected chi connectivity index (χ2v) is 9.22. The topological polar surface area (TPSA) is 43.6 Å². The van der Waals surface area contributed by atoms with Crippen molar-refractivity contribution in [3.63, 3.8) is 0 Å². The molecule has 0 unspecified atom stereocenters. The molecule has 0 aliphatic carbocycles. The lowest BCUT2D eigenvalue weighted by Crippen LogP contribution is -1.99. The molecule has 0 saturated heterocycles. The fraction of sp³-hybridized carbons (Fsp3) is 0.125. The van der Waals surface area contributed by atoms with E-state index in [4.69, 9.17) is 15.0 Å². The molecule has 30 heavy (non-hydrogen) atoms. The monoisotopic (exact) mass is 520 g/mol. The molecule has 6 heteroatoms. The molecule has 0 fully saturated rings. The minimum Gasteiger partial charge on any atom is -0.331 e. The third-order valence-corrected chi connectivity index (χ3v) is 6.54. The van der Waals surface area contributed by atoms with Crippen molar-refractivity contribution in [1.82, 2.24) is 19.5 Å². The highest BCUT2D eigenvalue weighted by atomic mass is 79.9. The van der Waals surface area contributed by atoms with Gasteiger partial charge in [-0.1, -0.05) is 56.1 Å². The molecule has 0 N–H and O–H groups in total. The van der Waals surface area contributed by atoms with Crippen LogP contribution in [0.25, 0.3) is 44.6 Å². The fourth-order valence-electron chi connectivity index (χ4n) is 3.86. The van der Waals surface area contributed by atoms with Gasteiger partial charge < -0.3 is 4.57 Å². The Balaban J connectivity index is 1.87. The molecule has 0 bridgehead atoms. The van der Waals surface area contributed by atoms with Crippen LogP contribution in [0.4, 0.5) is 0 Å². The Morgan fingerprint density at radius 1 is 0.700 bits per heavy atom. The van der Waals surface area contributed by atoms with Crippen molar-refractivity contribution in [3.05, 3.63) is 74.9 Å². The molecule has 5 rings (SSSR count). The van der Waals surface area contributed by atoms with Crippen molar-refractivity contribution in [2.75, 3.05) is 0 Å². The summed E-state index contributed by atoms with van der Waals surface area (Å²) < 4.78 is 4.19. The van der Waals surface area contributed by atoms with Crippen LogP contribution >= 0.6 is 31.9 Å². The normalized spacial score (nSPS) is 11.5. The zero-order valence-corrected chi connectivity index (χ0v) is 19.9. The lowest BCUT2D eigenvalue weighted by Gasteiger charge is -2.13. The summed E-state index contributed by atoms with van der Waals surface area (Å²) in [5, 5.41) is 0. The van der Waals surface area contributed by atoms with Gasteiger partial charge in [0.2, 0.25) is 0 Å². The highest BCUT2D eigenvalue weighted by Crippen LogP contribution is 2.35. The third kappa shape index (κ3) is 3.15. The van der Waals surface area contributed by atoms with E-state index in [0.717, 1.165) is 64.9 Å². The van der Waals surface area contributed by atoms with E-state index < -0.39 is 0 Å². The molecular weight excluding hydrogens is 504 g/mol. The molecule has 0 amide bonds. The maximum atomic E-state index is 5.14. The maximum Gasteiger partial charge on any atom is 0.106 e. The van der Waals surface area contributed by atoms with Gasteiger partial charge in [0.1, 0.15) is 5.82 Å². The Labute approximate surface area is 191 Å². The molecule has 3 aromatic carbocycles. The van der Waals surface area contributed by atoms with Crippen LogP contribution in [0.1, 0.15) is 11.4 Å². The van der Waals surface area contributed by atoms with Gasteiger partial charge in [-0.15, -0.1) is 0 Å². The lowest BCUT2D eigenvalue weighted by molar-refractivity contribution is 0.883. The quantitative estimate of drug-likeness (QED) is 0.251. The molecule has 0 spiro atoms. The summed E-state index contributed by atoms with van der Waals surface area (Å²) in [6.45, 7) is 4.12. The first-order valence-corrected chi connectivity index (χ1v) is 11.2. The number of aryl methyl sites for hydroxylation is 3. The number of hydrogen-bond acceptors (Lipinski definition) is 3. The molecule has 0 aliphatic rings. The van der Waals surface area contributed by atoms with Crippen molar-refractivity contribution in [3.8, 4) is 22.5 Å². The second-order valence-electron chi connectivity index (χ2n) is 7.39. The van der Waals surface area contributed by atoms with Gasteiger partial charge in [0.25, 0.3) is 0 Å². The number of benzene rings is 3. The zero-order valence-electron chi connectivity index (χ0n) is 16.7. The van der Waals surface area contributed by atoms with Gasteiger partial charge in [-0.2, -0.15) is 0 Å². The summed E-state index contributed by atoms with van der Waals surface area (Å²) in [5.41, 5.74) is 8.72. The van der Waals surface area contributed by atoms with Gasteiger partial charge in [0, 0.05) is 32.7 Å². The van der Waals surface area contributed by atoms with Crippen LogP contribution in [0, 0.1) is 13.8 Å². The van der Waals surface area contributed by atoms with Crippen LogP contribution in [0.15, 0.2) is 63.5 Å². The van der Waals surface area contributed by atoms with Crippen molar-refractivity contribution < 1.29 is 0 Å². The largest absolute Gasteiger partial charge is 0.331 e. The number of hydrogen-bond donors (Lipinski definition) is 0. The molecule has 0 aliphatic heterocycles. The van der Waals surface area contributed by atoms with Gasteiger partial charge in [0.15, 0.2) is 0 Å². The smallest absolute Gasteiger partial charge is 0.106 e. The van der Waals surface area contributed by atoms with E-state index in [1.54, 1.807) is 0 Å². The Hall–Kier alpha value is -2.57. The minimum atomic E-state index is 0.858. The van der Waals surface area contributed by atoms with Crippen LogP contribution < -0.4 is 0 Å². The van der Waals surface area contributed by atoms with Gasteiger partial charge >= 0.3 is 0 Å². The number of halogens is 2. The Bertz CT molecular complexity index is 1420. The second kappa shape index (κ2) is 7.29. The molecular formula is C24H18Br2N4. The molecule has 0 saturated carbocycles. The number of nitrogens with zero attached hydrogens (tertiary/aromatic N) is 4. The molecule has 148 valence electrons. The Morgan fingerprint density at radius 3 is 1.80 bits per heavy atom. The number of fused-ring (bicyclic) bond motifs is 2. The number of rotatable bonds is 2. The van der Waals surface area contributed by atoms with Gasteiger partial charge in [0.05, 0.1) is 33.5 Å². The van der Waals surface area contributed by atoms with E-state index in [9.17, 15) is 0 Å². The van der Waals surface area contributed by atoms with Crippen molar-refractivity contribution in [2.45, 2.75) is 13.8 Å². The molecule has 2 aromatic heterocycles. The van der Waals surface area contributed by atoms with Crippen LogP contribution in [-0.4, -0.2) is 19.5 Å². The standard InChI is InChI=1S/C24H18Br2N4/c1-13-21-19(12-20-24(13)30(3)14(2)27-20)28-22(15-4-8-17(25)9-5-15)23(29-21)16-6-10-18(26)11-7-16/h4-12H,1-3H3. The van der Waals surface area contributed by atoms with E-state index in [2.05, 4.69) is 67.6 Å². The lowest BCUT2D eigenvalue weighted by atomic mass is 10.0. The summed E-state index contributed by atoms with van der Waals surface area (Å²) >= 11 is 7.05. The molecule has 4 nitrogen and oxygen atoms in total. The van der Waals surface area contributed by atoms with Crippen LogP contribution in [-0.2, 0) is 7.05 Å². The summed E-state index contributed by atoms with van der Waals surface area (Å²) in [6.07, 6.45) is 0. The highest BCUT2D eigenvalue weighted by molar-refractivity contribution is 9.10. The zero-order chi connectivity index (χ0) is 21.0. The summed E-state index contributed by atoms with van der Waals surface area (Å²) in [7, 11) is 2.04. The van der Waals surface area contributed by atoms with E-state index in [0.29, 0.717) is 0 Å². The predicted octanol–water partition coefficient (Wildman–Crippen LogP) is 6.99. The Kier molecular flexibility index (Phi) is 4.71. The van der Waals surface area contributed by atoms with Crippen LogP contribution in [0.3, 0.4) is 0 Å². The first kappa shape index (κ1) is 19.4. The van der Waals surface area contributed by atoms with Gasteiger partial charge in [-0.3, -0.25) is 0 Å². The SMILES string of the molecule is Cc1c2nc(-c3ccc(Br)cc3)c(-c3ccc(Br)cc3)nc2cc2nc(C)n(C)c12. The van der Waals surface area contributed by atoms with Crippen molar-refractivity contribution in [1.29, 1.82) is 0 Å². The third-order valence-electron chi connectivity index (χ3n) is 5.49. The molecule has 2 heterocycles. The fourth-order valence-corrected chi connectivity index (χ4v) is 4.39. The van der Waals surface area contributed by atoms with E-state index in [1.165, 1.54) is 0 Å². The summed E-state index contributed by atoms with van der Waals surface area (Å²) in [5.74, 6) is 0.977. The van der Waals surface area contributed by atoms with Gasteiger partial charge in [-0.05, 0) is 44.2 Å². The van der Waals surface area contributed by atoms with E-state index in [1.807, 2.05) is 44.3 Å². The molecule has 5 aromatic rings. The predicted molar refractivity (Wildman–Crippen MR) is 130 cm³/mol. The molecule has 0 atom stereocenters. The van der Waals surface area contributed by atoms with Crippen molar-refractivity contribution >= 4 is 53.9 Å². The van der Waals surface area contributed by atoms with E-state index in [-0.39, 0.29) is 0 Å². The Morgan fingerprint density at radius 2 is 1.23 bits per heavy atom. The van der Waals surface area contributed by atoms with Crippen LogP contribution in [0.5, 0.6) is 0 Å². The highest BCUT2D eigenvalue weighted by Gasteiger charge is 2.18. The molecule has 0 radical (unpaired) electrons. The van der Waals surface area contributed by atoms with Gasteiger partial charge in [-0.25, -0.2) is 15.0 Å². The first-order chi connectivity index (χ1) is 14.4. The average molecular weight is 522 g/mol. The van der Waals surface area contributed by atoms with Crippen molar-refractivity contribution in [2.24, 2.45) is 7.05 Å². The first-order valence-electron chi connectivity index (χ1n) is 9.58. The van der Waals surface area contributed by atoms with Crippen LogP contribution in [0.2, 0.25) is 0 Å². The average Bonchev–Trinajstić information content (AvgIpc) is 3.02. The number of aromatic nitrogens is 4. The van der Waals surface area contributed by atoms with E-state index >= 15 is 0 Å².